The Hall–Kier alpha value is -1.20. The Morgan fingerprint density at radius 3 is 3.06 bits per heavy atom. The van der Waals surface area contributed by atoms with Gasteiger partial charge in [0.1, 0.15) is 12.1 Å². The third-order valence-corrected chi connectivity index (χ3v) is 3.08. The molecule has 4 nitrogen and oxygen atoms in total. The van der Waals surface area contributed by atoms with E-state index in [0.717, 1.165) is 35.8 Å². The molecule has 5 heteroatoms. The number of furan rings is 1. The van der Waals surface area contributed by atoms with Gasteiger partial charge < -0.3 is 4.42 Å². The molecule has 0 fully saturated rings. The fraction of sp³-hybridized carbons (Fsp3) is 0.273. The van der Waals surface area contributed by atoms with E-state index in [2.05, 4.69) is 30.8 Å². The molecular weight excluding hydrogens is 270 g/mol. The standard InChI is InChI=1S/C11H10BrN3O/c12-11-2-1-9(16-11)5-15-4-8-3-13-7-14-10(8)6-15/h1-3,7H,4-6H2. The summed E-state index contributed by atoms with van der Waals surface area (Å²) in [5.41, 5.74) is 2.34. The third-order valence-electron chi connectivity index (χ3n) is 2.66. The van der Waals surface area contributed by atoms with Gasteiger partial charge in [-0.15, -0.1) is 0 Å². The summed E-state index contributed by atoms with van der Waals surface area (Å²) in [5, 5.41) is 0. The maximum atomic E-state index is 5.48. The van der Waals surface area contributed by atoms with Gasteiger partial charge in [-0.1, -0.05) is 0 Å². The van der Waals surface area contributed by atoms with Gasteiger partial charge in [0.15, 0.2) is 4.67 Å². The molecule has 2 aromatic heterocycles. The number of aromatic nitrogens is 2. The van der Waals surface area contributed by atoms with Crippen molar-refractivity contribution in [3.05, 3.63) is 46.3 Å². The average molecular weight is 280 g/mol. The molecule has 0 aromatic carbocycles. The summed E-state index contributed by atoms with van der Waals surface area (Å²) >= 11 is 3.30. The predicted molar refractivity (Wildman–Crippen MR) is 61.4 cm³/mol. The minimum absolute atomic E-state index is 0.777. The van der Waals surface area contributed by atoms with Gasteiger partial charge in [0.25, 0.3) is 0 Å². The summed E-state index contributed by atoms with van der Waals surface area (Å²) < 4.78 is 6.26. The van der Waals surface area contributed by atoms with Crippen LogP contribution in [0.2, 0.25) is 0 Å². The second-order valence-electron chi connectivity index (χ2n) is 3.85. The van der Waals surface area contributed by atoms with Crippen molar-refractivity contribution in [2.75, 3.05) is 0 Å². The van der Waals surface area contributed by atoms with Crippen molar-refractivity contribution >= 4 is 15.9 Å². The van der Waals surface area contributed by atoms with Crippen molar-refractivity contribution in [3.8, 4) is 0 Å². The second kappa shape index (κ2) is 3.99. The lowest BCUT2D eigenvalue weighted by molar-refractivity contribution is 0.248. The molecular formula is C11H10BrN3O. The smallest absolute Gasteiger partial charge is 0.169 e. The summed E-state index contributed by atoms with van der Waals surface area (Å²) in [7, 11) is 0. The summed E-state index contributed by atoms with van der Waals surface area (Å²) in [6.07, 6.45) is 3.49. The SMILES string of the molecule is Brc1ccc(CN2Cc3cncnc3C2)o1. The van der Waals surface area contributed by atoms with E-state index in [1.807, 2.05) is 18.3 Å². The molecule has 0 unspecified atom stereocenters. The third kappa shape index (κ3) is 1.88. The van der Waals surface area contributed by atoms with Crippen molar-refractivity contribution in [3.63, 3.8) is 0 Å². The lowest BCUT2D eigenvalue weighted by Gasteiger charge is -2.11. The van der Waals surface area contributed by atoms with E-state index in [0.29, 0.717) is 0 Å². The van der Waals surface area contributed by atoms with Crippen LogP contribution in [0.5, 0.6) is 0 Å². The Balaban J connectivity index is 1.72. The molecule has 1 aliphatic rings. The Kier molecular flexibility index (Phi) is 2.49. The van der Waals surface area contributed by atoms with Crippen LogP contribution in [-0.4, -0.2) is 14.9 Å². The van der Waals surface area contributed by atoms with Crippen LogP contribution in [0.25, 0.3) is 0 Å². The summed E-state index contributed by atoms with van der Waals surface area (Å²) in [4.78, 5) is 10.6. The molecule has 0 radical (unpaired) electrons. The maximum Gasteiger partial charge on any atom is 0.169 e. The highest BCUT2D eigenvalue weighted by atomic mass is 79.9. The van der Waals surface area contributed by atoms with E-state index in [1.54, 1.807) is 6.33 Å². The van der Waals surface area contributed by atoms with Gasteiger partial charge >= 0.3 is 0 Å². The van der Waals surface area contributed by atoms with Gasteiger partial charge in [0.2, 0.25) is 0 Å². The predicted octanol–water partition coefficient (Wildman–Crippen LogP) is 2.35. The van der Waals surface area contributed by atoms with E-state index in [9.17, 15) is 0 Å². The van der Waals surface area contributed by atoms with E-state index in [-0.39, 0.29) is 0 Å². The highest BCUT2D eigenvalue weighted by molar-refractivity contribution is 9.10. The van der Waals surface area contributed by atoms with Crippen LogP contribution in [0.3, 0.4) is 0 Å². The fourth-order valence-electron chi connectivity index (χ4n) is 1.94. The van der Waals surface area contributed by atoms with Crippen LogP contribution in [0.15, 0.2) is 33.7 Å². The molecule has 0 spiro atoms. The van der Waals surface area contributed by atoms with Crippen molar-refractivity contribution in [2.45, 2.75) is 19.6 Å². The molecule has 3 heterocycles. The highest BCUT2D eigenvalue weighted by Crippen LogP contribution is 2.23. The first-order valence-corrected chi connectivity index (χ1v) is 5.85. The number of fused-ring (bicyclic) bond motifs is 1. The molecule has 0 saturated heterocycles. The highest BCUT2D eigenvalue weighted by Gasteiger charge is 2.20. The Bertz CT molecular complexity index is 486. The van der Waals surface area contributed by atoms with Crippen molar-refractivity contribution < 1.29 is 4.42 Å². The topological polar surface area (TPSA) is 42.2 Å². The van der Waals surface area contributed by atoms with Crippen LogP contribution < -0.4 is 0 Å². The van der Waals surface area contributed by atoms with Crippen LogP contribution in [-0.2, 0) is 19.6 Å². The summed E-state index contributed by atoms with van der Waals surface area (Å²) in [5.74, 6) is 0.965. The Morgan fingerprint density at radius 1 is 1.38 bits per heavy atom. The lowest BCUT2D eigenvalue weighted by atomic mass is 10.3. The summed E-state index contributed by atoms with van der Waals surface area (Å²) in [6, 6.07) is 3.90. The molecule has 16 heavy (non-hydrogen) atoms. The van der Waals surface area contributed by atoms with Gasteiger partial charge in [-0.05, 0) is 28.1 Å². The molecule has 3 rings (SSSR count). The number of rotatable bonds is 2. The van der Waals surface area contributed by atoms with Gasteiger partial charge in [-0.25, -0.2) is 9.97 Å². The molecule has 0 N–H and O–H groups in total. The van der Waals surface area contributed by atoms with Crippen LogP contribution >= 0.6 is 15.9 Å². The molecule has 0 bridgehead atoms. The van der Waals surface area contributed by atoms with E-state index >= 15 is 0 Å². The van der Waals surface area contributed by atoms with Gasteiger partial charge in [-0.3, -0.25) is 4.90 Å². The van der Waals surface area contributed by atoms with E-state index in [1.165, 1.54) is 5.56 Å². The maximum absolute atomic E-state index is 5.48. The van der Waals surface area contributed by atoms with Gasteiger partial charge in [0, 0.05) is 24.8 Å². The number of halogens is 1. The number of hydrogen-bond acceptors (Lipinski definition) is 4. The summed E-state index contributed by atoms with van der Waals surface area (Å²) in [6.45, 7) is 2.58. The first-order valence-electron chi connectivity index (χ1n) is 5.05. The van der Waals surface area contributed by atoms with Gasteiger partial charge in [-0.2, -0.15) is 0 Å². The number of nitrogens with zero attached hydrogens (tertiary/aromatic N) is 3. The quantitative estimate of drug-likeness (QED) is 0.846. The van der Waals surface area contributed by atoms with Crippen molar-refractivity contribution in [1.29, 1.82) is 0 Å². The van der Waals surface area contributed by atoms with Crippen LogP contribution in [0, 0.1) is 0 Å². The largest absolute Gasteiger partial charge is 0.453 e. The van der Waals surface area contributed by atoms with E-state index < -0.39 is 0 Å². The van der Waals surface area contributed by atoms with Crippen LogP contribution in [0.1, 0.15) is 17.0 Å². The van der Waals surface area contributed by atoms with E-state index in [4.69, 9.17) is 4.42 Å². The fourth-order valence-corrected chi connectivity index (χ4v) is 2.28. The minimum Gasteiger partial charge on any atom is -0.453 e. The number of hydrogen-bond donors (Lipinski definition) is 0. The zero-order valence-corrected chi connectivity index (χ0v) is 10.1. The molecule has 0 saturated carbocycles. The average Bonchev–Trinajstić information content (AvgIpc) is 2.84. The van der Waals surface area contributed by atoms with Gasteiger partial charge in [0.05, 0.1) is 12.2 Å². The first kappa shape index (κ1) is 9.99. The molecule has 82 valence electrons. The molecule has 0 atom stereocenters. The Labute approximate surface area is 101 Å². The molecule has 0 aliphatic carbocycles. The normalized spacial score (nSPS) is 15.3. The molecule has 2 aromatic rings. The lowest BCUT2D eigenvalue weighted by Crippen LogP contribution is -2.15. The van der Waals surface area contributed by atoms with Crippen LogP contribution in [0.4, 0.5) is 0 Å². The minimum atomic E-state index is 0.777. The second-order valence-corrected chi connectivity index (χ2v) is 4.63. The van der Waals surface area contributed by atoms with Crippen molar-refractivity contribution in [1.82, 2.24) is 14.9 Å². The van der Waals surface area contributed by atoms with Crippen molar-refractivity contribution in [2.24, 2.45) is 0 Å². The monoisotopic (exact) mass is 279 g/mol. The Morgan fingerprint density at radius 2 is 2.31 bits per heavy atom. The zero-order chi connectivity index (χ0) is 11.0. The first-order chi connectivity index (χ1) is 7.81. The molecule has 1 aliphatic heterocycles. The zero-order valence-electron chi connectivity index (χ0n) is 8.56. The molecule has 0 amide bonds.